The Morgan fingerprint density at radius 3 is 1.17 bits per heavy atom. The maximum Gasteiger partial charge on any atom is 0 e. The van der Waals surface area contributed by atoms with Gasteiger partial charge in [0.25, 0.3) is 0 Å². The molecule has 0 saturated heterocycles. The standard InChI is InChI=1S/Cu.2O.Pd.Pt.Sn. The van der Waals surface area contributed by atoms with Crippen LogP contribution in [0.1, 0.15) is 0 Å². The Balaban J connectivity index is -0.00000000500. The summed E-state index contributed by atoms with van der Waals surface area (Å²) in [4.78, 5) is 0. The summed E-state index contributed by atoms with van der Waals surface area (Å²) in [6, 6.07) is 0. The maximum atomic E-state index is 8.34. The topological polar surface area (TPSA) is 34.1 Å². The van der Waals surface area contributed by atoms with Crippen molar-refractivity contribution in [3.05, 3.63) is 0 Å². The quantitative estimate of drug-likeness (QED) is 0.403. The first-order valence-corrected chi connectivity index (χ1v) is 1.88. The van der Waals surface area contributed by atoms with Crippen LogP contribution in [0.15, 0.2) is 0 Å². The normalized spacial score (nSPS) is 1.67. The monoisotopic (exact) mass is 516 g/mol. The Kier molecular flexibility index (Phi) is 222. The van der Waals surface area contributed by atoms with Crippen molar-refractivity contribution in [2.24, 2.45) is 0 Å². The molecule has 6 heteroatoms. The van der Waals surface area contributed by atoms with Gasteiger partial charge >= 0.3 is 45.4 Å². The Labute approximate surface area is 85.6 Å². The van der Waals surface area contributed by atoms with E-state index in [4.69, 9.17) is 6.91 Å². The summed E-state index contributed by atoms with van der Waals surface area (Å²) in [5.41, 5.74) is 0. The molecule has 0 amide bonds. The molecular formula is CuO2PdPtSn. The van der Waals surface area contributed by atoms with Gasteiger partial charge in [-0.3, -0.25) is 0 Å². The van der Waals surface area contributed by atoms with Crippen molar-refractivity contribution in [2.75, 3.05) is 0 Å². The van der Waals surface area contributed by atoms with Crippen LogP contribution < -0.4 is 0 Å². The zero-order chi connectivity index (χ0) is 4.00. The predicted octanol–water partition coefficient (Wildman–Crippen LogP) is -0.626. The largest absolute Gasteiger partial charge is 0 e. The van der Waals surface area contributed by atoms with Crippen molar-refractivity contribution in [1.29, 1.82) is 0 Å². The first-order chi connectivity index (χ1) is 2.00. The van der Waals surface area contributed by atoms with Crippen molar-refractivity contribution < 1.29 is 64.3 Å². The van der Waals surface area contributed by atoms with E-state index in [-0.39, 0.29) is 41.5 Å². The maximum absolute atomic E-state index is 8.34. The second kappa shape index (κ2) is 55.5. The summed E-state index contributed by atoms with van der Waals surface area (Å²) < 4.78 is 16.2. The molecule has 2 radical (unpaired) electrons. The van der Waals surface area contributed by atoms with E-state index in [1.165, 1.54) is 0 Å². The van der Waals surface area contributed by atoms with Gasteiger partial charge in [0, 0.05) is 41.5 Å². The summed E-state index contributed by atoms with van der Waals surface area (Å²) in [6.45, 7) is 0. The van der Waals surface area contributed by atoms with Crippen LogP contribution in [0.3, 0.4) is 0 Å². The number of rotatable bonds is 0. The van der Waals surface area contributed by atoms with Gasteiger partial charge in [0.2, 0.25) is 0 Å². The van der Waals surface area contributed by atoms with Gasteiger partial charge < -0.3 is 0 Å². The second-order valence-corrected chi connectivity index (χ2v) is 0. The van der Waals surface area contributed by atoms with Crippen molar-refractivity contribution in [3.63, 3.8) is 0 Å². The van der Waals surface area contributed by atoms with Crippen LogP contribution >= 0.6 is 0 Å². The van der Waals surface area contributed by atoms with E-state index in [9.17, 15) is 0 Å². The third-order valence-corrected chi connectivity index (χ3v) is 0. The third kappa shape index (κ3) is 33.8. The molecule has 47 valence electrons. The van der Waals surface area contributed by atoms with Crippen molar-refractivity contribution >= 4 is 22.5 Å². The van der Waals surface area contributed by atoms with Crippen LogP contribution in [0.25, 0.3) is 0 Å². The van der Waals surface area contributed by atoms with Gasteiger partial charge in [-0.05, 0) is 0 Å². The Morgan fingerprint density at radius 1 is 1.17 bits per heavy atom. The fraction of sp³-hybridized carbons (Fsp3) is 0. The van der Waals surface area contributed by atoms with Crippen LogP contribution in [0.5, 0.6) is 0 Å². The first kappa shape index (κ1) is 24.0. The molecule has 0 spiro atoms. The van der Waals surface area contributed by atoms with E-state index >= 15 is 0 Å². The van der Waals surface area contributed by atoms with Gasteiger partial charge in [-0.1, -0.05) is 0 Å². The molecule has 0 N–H and O–H groups in total. The Morgan fingerprint density at radius 2 is 1.17 bits per heavy atom. The molecule has 0 heterocycles. The predicted molar refractivity (Wildman–Crippen MR) is 7.13 cm³/mol. The smallest absolute Gasteiger partial charge is 0 e. The fourth-order valence-electron chi connectivity index (χ4n) is 0. The number of hydrogen-bond acceptors (Lipinski definition) is 2. The van der Waals surface area contributed by atoms with Crippen LogP contribution in [0.2, 0.25) is 0 Å². The number of hydrogen-bond donors (Lipinski definition) is 0. The minimum absolute atomic E-state index is 0. The van der Waals surface area contributed by atoms with Gasteiger partial charge in [-0.25, -0.2) is 0 Å². The van der Waals surface area contributed by atoms with Crippen LogP contribution in [-0.4, -0.2) is 22.5 Å². The average Bonchev–Trinajstić information content (AvgIpc) is 1.50. The molecule has 0 aliphatic carbocycles. The molecule has 0 aliphatic heterocycles. The summed E-state index contributed by atoms with van der Waals surface area (Å²) >= 11 is 3.24. The van der Waals surface area contributed by atoms with Crippen molar-refractivity contribution in [3.8, 4) is 0 Å². The zero-order valence-corrected chi connectivity index (χ0v) is 9.87. The molecule has 0 aromatic heterocycles. The summed E-state index contributed by atoms with van der Waals surface area (Å²) in [7, 11) is 0. The average molecular weight is 516 g/mol. The SMILES string of the molecule is [O]=[Cu].[O]=[Sn].[Pd].[Pt]. The Bertz CT molecular complexity index is 15.5. The molecule has 2 nitrogen and oxygen atoms in total. The van der Waals surface area contributed by atoms with Crippen molar-refractivity contribution in [1.82, 2.24) is 0 Å². The molecule has 0 fully saturated rings. The van der Waals surface area contributed by atoms with Gasteiger partial charge in [-0.2, -0.15) is 0 Å². The van der Waals surface area contributed by atoms with E-state index < -0.39 is 0 Å². The van der Waals surface area contributed by atoms with E-state index in [0.29, 0.717) is 22.5 Å². The molecule has 0 bridgehead atoms. The fourth-order valence-corrected chi connectivity index (χ4v) is 0. The van der Waals surface area contributed by atoms with E-state index in [1.54, 1.807) is 0 Å². The summed E-state index contributed by atoms with van der Waals surface area (Å²) in [6.07, 6.45) is 0. The summed E-state index contributed by atoms with van der Waals surface area (Å²) in [5.74, 6) is 0. The van der Waals surface area contributed by atoms with Gasteiger partial charge in [0.15, 0.2) is 0 Å². The van der Waals surface area contributed by atoms with Gasteiger partial charge in [0.1, 0.15) is 0 Å². The Hall–Kier alpha value is 2.27. The molecule has 0 rings (SSSR count). The molecule has 0 aliphatic rings. The van der Waals surface area contributed by atoms with Crippen LogP contribution in [0.4, 0.5) is 0 Å². The molecule has 0 unspecified atom stereocenters. The molecule has 0 aromatic carbocycles. The summed E-state index contributed by atoms with van der Waals surface area (Å²) in [5, 5.41) is 0. The van der Waals surface area contributed by atoms with E-state index in [1.807, 2.05) is 0 Å². The minimum Gasteiger partial charge on any atom is 0 e. The molecule has 0 aromatic rings. The third-order valence-electron chi connectivity index (χ3n) is 0. The zero-order valence-electron chi connectivity index (χ0n) is 2.25. The van der Waals surface area contributed by atoms with Crippen LogP contribution in [0, 0.1) is 0 Å². The molecule has 0 atom stereocenters. The molecule has 6 heavy (non-hydrogen) atoms. The molecular weight excluding hydrogens is 516 g/mol. The minimum atomic E-state index is 0. The van der Waals surface area contributed by atoms with Crippen LogP contribution in [-0.2, 0) is 64.3 Å². The first-order valence-electron chi connectivity index (χ1n) is 0.327. The van der Waals surface area contributed by atoms with Gasteiger partial charge in [-0.15, -0.1) is 0 Å². The van der Waals surface area contributed by atoms with E-state index in [0.717, 1.165) is 0 Å². The van der Waals surface area contributed by atoms with Crippen molar-refractivity contribution in [2.45, 2.75) is 0 Å². The second-order valence-electron chi connectivity index (χ2n) is 0. The van der Waals surface area contributed by atoms with Gasteiger partial charge in [0.05, 0.1) is 0 Å². The van der Waals surface area contributed by atoms with E-state index in [2.05, 4.69) is 15.9 Å². The molecule has 0 saturated carbocycles.